The number of amides is 1. The van der Waals surface area contributed by atoms with Crippen LogP contribution in [0.25, 0.3) is 0 Å². The topological polar surface area (TPSA) is 59.6 Å². The molecule has 1 heterocycles. The Morgan fingerprint density at radius 2 is 1.89 bits per heavy atom. The standard InChI is InChI=1S/C22H28N2O3/c1-17-14-19(27-15-18-6-4-3-5-7-18)8-9-20(17)24-21(25)22(16-26-2)10-12-23-13-11-22/h3-9,14,23H,10-13,15-16H2,1-2H3,(H,24,25). The second kappa shape index (κ2) is 9.02. The monoisotopic (exact) mass is 368 g/mol. The van der Waals surface area contributed by atoms with Gasteiger partial charge in [0, 0.05) is 12.8 Å². The van der Waals surface area contributed by atoms with Gasteiger partial charge in [0.1, 0.15) is 12.4 Å². The van der Waals surface area contributed by atoms with Crippen molar-refractivity contribution in [3.8, 4) is 5.75 Å². The number of rotatable bonds is 7. The molecule has 2 N–H and O–H groups in total. The molecule has 2 aromatic rings. The number of piperidine rings is 1. The number of anilines is 1. The Bertz CT molecular complexity index is 750. The van der Waals surface area contributed by atoms with Crippen LogP contribution in [0.3, 0.4) is 0 Å². The van der Waals surface area contributed by atoms with Crippen molar-refractivity contribution in [2.45, 2.75) is 26.4 Å². The summed E-state index contributed by atoms with van der Waals surface area (Å²) in [4.78, 5) is 13.0. The minimum Gasteiger partial charge on any atom is -0.489 e. The van der Waals surface area contributed by atoms with E-state index in [1.54, 1.807) is 7.11 Å². The first-order valence-electron chi connectivity index (χ1n) is 9.41. The molecule has 0 spiro atoms. The van der Waals surface area contributed by atoms with Gasteiger partial charge in [-0.1, -0.05) is 30.3 Å². The minimum atomic E-state index is -0.463. The first kappa shape index (κ1) is 19.4. The third-order valence-electron chi connectivity index (χ3n) is 5.16. The molecule has 1 amide bonds. The summed E-state index contributed by atoms with van der Waals surface area (Å²) in [6.07, 6.45) is 1.56. The lowest BCUT2D eigenvalue weighted by Gasteiger charge is -2.35. The predicted molar refractivity (Wildman–Crippen MR) is 107 cm³/mol. The third kappa shape index (κ3) is 4.87. The van der Waals surface area contributed by atoms with Crippen LogP contribution in [0.2, 0.25) is 0 Å². The Morgan fingerprint density at radius 1 is 1.15 bits per heavy atom. The van der Waals surface area contributed by atoms with Gasteiger partial charge >= 0.3 is 0 Å². The lowest BCUT2D eigenvalue weighted by molar-refractivity contribution is -0.130. The van der Waals surface area contributed by atoms with Crippen molar-refractivity contribution < 1.29 is 14.3 Å². The zero-order chi connectivity index (χ0) is 19.1. The van der Waals surface area contributed by atoms with Gasteiger partial charge in [-0.25, -0.2) is 0 Å². The van der Waals surface area contributed by atoms with E-state index in [1.807, 2.05) is 55.5 Å². The largest absolute Gasteiger partial charge is 0.489 e. The van der Waals surface area contributed by atoms with Gasteiger partial charge in [-0.05, 0) is 62.2 Å². The van der Waals surface area contributed by atoms with E-state index in [0.717, 1.165) is 48.5 Å². The summed E-state index contributed by atoms with van der Waals surface area (Å²) >= 11 is 0. The molecule has 3 rings (SSSR count). The quantitative estimate of drug-likeness (QED) is 0.785. The molecule has 5 heteroatoms. The molecule has 0 aliphatic carbocycles. The molecule has 0 radical (unpaired) electrons. The summed E-state index contributed by atoms with van der Waals surface area (Å²) in [5, 5.41) is 6.42. The first-order valence-corrected chi connectivity index (χ1v) is 9.41. The van der Waals surface area contributed by atoms with Crippen molar-refractivity contribution in [2.24, 2.45) is 5.41 Å². The fourth-order valence-electron chi connectivity index (χ4n) is 3.48. The number of ether oxygens (including phenoxy) is 2. The highest BCUT2D eigenvalue weighted by molar-refractivity contribution is 5.96. The van der Waals surface area contributed by atoms with Gasteiger partial charge in [0.2, 0.25) is 5.91 Å². The molecule has 0 unspecified atom stereocenters. The molecule has 144 valence electrons. The molecule has 1 aliphatic heterocycles. The van der Waals surface area contributed by atoms with Crippen LogP contribution in [0.1, 0.15) is 24.0 Å². The SMILES string of the molecule is COCC1(C(=O)Nc2ccc(OCc3ccccc3)cc2C)CCNCC1. The Kier molecular flexibility index (Phi) is 6.48. The smallest absolute Gasteiger partial charge is 0.233 e. The fourth-order valence-corrected chi connectivity index (χ4v) is 3.48. The lowest BCUT2D eigenvalue weighted by atomic mass is 9.78. The van der Waals surface area contributed by atoms with Gasteiger partial charge in [-0.3, -0.25) is 4.79 Å². The zero-order valence-electron chi connectivity index (χ0n) is 16.1. The molecule has 0 aromatic heterocycles. The van der Waals surface area contributed by atoms with Crippen molar-refractivity contribution in [1.82, 2.24) is 5.32 Å². The van der Waals surface area contributed by atoms with Crippen LogP contribution >= 0.6 is 0 Å². The molecule has 27 heavy (non-hydrogen) atoms. The number of carbonyl (C=O) groups is 1. The maximum Gasteiger partial charge on any atom is 0.233 e. The number of aryl methyl sites for hydroxylation is 1. The molecule has 1 saturated heterocycles. The predicted octanol–water partition coefficient (Wildman–Crippen LogP) is 3.53. The van der Waals surface area contributed by atoms with Crippen molar-refractivity contribution in [3.63, 3.8) is 0 Å². The van der Waals surface area contributed by atoms with Gasteiger partial charge in [-0.15, -0.1) is 0 Å². The summed E-state index contributed by atoms with van der Waals surface area (Å²) in [6, 6.07) is 15.8. The summed E-state index contributed by atoms with van der Waals surface area (Å²) in [7, 11) is 1.65. The van der Waals surface area contributed by atoms with Crippen molar-refractivity contribution in [2.75, 3.05) is 32.1 Å². The van der Waals surface area contributed by atoms with Crippen molar-refractivity contribution >= 4 is 11.6 Å². The Balaban J connectivity index is 1.65. The van der Waals surface area contributed by atoms with E-state index >= 15 is 0 Å². The normalized spacial score (nSPS) is 15.9. The van der Waals surface area contributed by atoms with Crippen LogP contribution < -0.4 is 15.4 Å². The first-order chi connectivity index (χ1) is 13.1. The maximum atomic E-state index is 13.0. The van der Waals surface area contributed by atoms with E-state index in [-0.39, 0.29) is 5.91 Å². The van der Waals surface area contributed by atoms with Crippen molar-refractivity contribution in [3.05, 3.63) is 59.7 Å². The molecule has 0 bridgehead atoms. The number of nitrogens with one attached hydrogen (secondary N) is 2. The Hall–Kier alpha value is -2.37. The molecule has 1 aliphatic rings. The molecule has 1 fully saturated rings. The van der Waals surface area contributed by atoms with Gasteiger partial charge in [0.15, 0.2) is 0 Å². The Labute approximate surface area is 161 Å². The Morgan fingerprint density at radius 3 is 2.56 bits per heavy atom. The highest BCUT2D eigenvalue weighted by Gasteiger charge is 2.39. The molecular formula is C22H28N2O3. The average molecular weight is 368 g/mol. The molecule has 2 aromatic carbocycles. The van der Waals surface area contributed by atoms with E-state index in [9.17, 15) is 4.79 Å². The van der Waals surface area contributed by atoms with Gasteiger partial charge in [0.05, 0.1) is 12.0 Å². The van der Waals surface area contributed by atoms with E-state index in [4.69, 9.17) is 9.47 Å². The van der Waals surface area contributed by atoms with Crippen LogP contribution in [-0.2, 0) is 16.1 Å². The zero-order valence-corrected chi connectivity index (χ0v) is 16.1. The molecule has 5 nitrogen and oxygen atoms in total. The highest BCUT2D eigenvalue weighted by Crippen LogP contribution is 2.32. The lowest BCUT2D eigenvalue weighted by Crippen LogP contribution is -2.47. The van der Waals surface area contributed by atoms with Crippen LogP contribution in [0.4, 0.5) is 5.69 Å². The number of carbonyl (C=O) groups excluding carboxylic acids is 1. The van der Waals surface area contributed by atoms with Crippen LogP contribution in [0.15, 0.2) is 48.5 Å². The molecule has 0 saturated carbocycles. The number of hydrogen-bond donors (Lipinski definition) is 2. The van der Waals surface area contributed by atoms with Crippen LogP contribution in [0.5, 0.6) is 5.75 Å². The number of hydrogen-bond acceptors (Lipinski definition) is 4. The average Bonchev–Trinajstić information content (AvgIpc) is 2.70. The maximum absolute atomic E-state index is 13.0. The second-order valence-electron chi connectivity index (χ2n) is 7.17. The number of benzene rings is 2. The minimum absolute atomic E-state index is 0.0342. The third-order valence-corrected chi connectivity index (χ3v) is 5.16. The summed E-state index contributed by atoms with van der Waals surface area (Å²) in [6.45, 7) is 4.62. The van der Waals surface area contributed by atoms with E-state index < -0.39 is 5.41 Å². The second-order valence-corrected chi connectivity index (χ2v) is 7.17. The van der Waals surface area contributed by atoms with E-state index in [1.165, 1.54) is 0 Å². The van der Waals surface area contributed by atoms with Gasteiger partial charge < -0.3 is 20.1 Å². The van der Waals surface area contributed by atoms with Crippen LogP contribution in [-0.4, -0.2) is 32.7 Å². The van der Waals surface area contributed by atoms with E-state index in [2.05, 4.69) is 10.6 Å². The van der Waals surface area contributed by atoms with Gasteiger partial charge in [0.25, 0.3) is 0 Å². The summed E-state index contributed by atoms with van der Waals surface area (Å²) < 4.78 is 11.2. The molecule has 0 atom stereocenters. The summed E-state index contributed by atoms with van der Waals surface area (Å²) in [5.74, 6) is 0.828. The molecular weight excluding hydrogens is 340 g/mol. The van der Waals surface area contributed by atoms with Crippen LogP contribution in [0, 0.1) is 12.3 Å². The van der Waals surface area contributed by atoms with Gasteiger partial charge in [-0.2, -0.15) is 0 Å². The number of methoxy groups -OCH3 is 1. The van der Waals surface area contributed by atoms with E-state index in [0.29, 0.717) is 13.2 Å². The highest BCUT2D eigenvalue weighted by atomic mass is 16.5. The fraction of sp³-hybridized carbons (Fsp3) is 0.409. The summed E-state index contributed by atoms with van der Waals surface area (Å²) in [5.41, 5.74) is 2.46. The van der Waals surface area contributed by atoms with Crippen molar-refractivity contribution in [1.29, 1.82) is 0 Å².